The van der Waals surface area contributed by atoms with E-state index in [1.54, 1.807) is 6.92 Å². The van der Waals surface area contributed by atoms with Crippen molar-refractivity contribution in [3.63, 3.8) is 0 Å². The molecule has 0 aliphatic carbocycles. The monoisotopic (exact) mass is 278 g/mol. The van der Waals surface area contributed by atoms with Gasteiger partial charge in [0.05, 0.1) is 0 Å². The summed E-state index contributed by atoms with van der Waals surface area (Å²) in [6.07, 6.45) is 1.90. The van der Waals surface area contributed by atoms with E-state index in [1.165, 1.54) is 5.56 Å². The van der Waals surface area contributed by atoms with E-state index in [4.69, 9.17) is 0 Å². The van der Waals surface area contributed by atoms with Crippen molar-refractivity contribution < 1.29 is 4.79 Å². The molecule has 0 saturated carbocycles. The SMILES string of the molecule is CC.CC(=O)/C(C)=C/c1ccc(C)cc1.CC(C)=S. The molecule has 0 aromatic heterocycles. The predicted molar refractivity (Wildman–Crippen MR) is 90.8 cm³/mol. The molecule has 2 heteroatoms. The highest BCUT2D eigenvalue weighted by molar-refractivity contribution is 7.80. The summed E-state index contributed by atoms with van der Waals surface area (Å²) >= 11 is 4.54. The highest BCUT2D eigenvalue weighted by Crippen LogP contribution is 2.08. The van der Waals surface area contributed by atoms with Crippen LogP contribution in [0.4, 0.5) is 0 Å². The lowest BCUT2D eigenvalue weighted by Crippen LogP contribution is -1.90. The fraction of sp³-hybridized carbons (Fsp3) is 0.412. The van der Waals surface area contributed by atoms with E-state index in [9.17, 15) is 4.79 Å². The Balaban J connectivity index is 0. The summed E-state index contributed by atoms with van der Waals surface area (Å²) in [5.41, 5.74) is 3.11. The molecule has 0 aliphatic heterocycles. The summed E-state index contributed by atoms with van der Waals surface area (Å²) < 4.78 is 0. The van der Waals surface area contributed by atoms with Gasteiger partial charge in [-0.3, -0.25) is 4.79 Å². The Morgan fingerprint density at radius 1 is 1.00 bits per heavy atom. The van der Waals surface area contributed by atoms with Crippen molar-refractivity contribution in [2.75, 3.05) is 0 Å². The minimum absolute atomic E-state index is 0.126. The smallest absolute Gasteiger partial charge is 0.155 e. The molecule has 0 unspecified atom stereocenters. The van der Waals surface area contributed by atoms with Crippen molar-refractivity contribution in [2.45, 2.75) is 48.5 Å². The van der Waals surface area contributed by atoms with Crippen LogP contribution in [0.5, 0.6) is 0 Å². The molecule has 106 valence electrons. The Bertz CT molecular complexity index is 409. The molecule has 0 radical (unpaired) electrons. The van der Waals surface area contributed by atoms with Gasteiger partial charge in [0.25, 0.3) is 0 Å². The fourth-order valence-electron chi connectivity index (χ4n) is 1.01. The lowest BCUT2D eigenvalue weighted by atomic mass is 10.1. The van der Waals surface area contributed by atoms with Crippen LogP contribution in [-0.4, -0.2) is 10.6 Å². The Hall–Kier alpha value is -1.28. The average Bonchev–Trinajstić information content (AvgIpc) is 2.34. The van der Waals surface area contributed by atoms with Gasteiger partial charge in [-0.1, -0.05) is 55.9 Å². The van der Waals surface area contributed by atoms with Crippen LogP contribution < -0.4 is 0 Å². The molecule has 1 rings (SSSR count). The van der Waals surface area contributed by atoms with E-state index < -0.39 is 0 Å². The first-order valence-corrected chi connectivity index (χ1v) is 6.97. The summed E-state index contributed by atoms with van der Waals surface area (Å²) in [5, 5.41) is 0. The molecule has 1 nitrogen and oxygen atoms in total. The van der Waals surface area contributed by atoms with Crippen molar-refractivity contribution in [1.29, 1.82) is 0 Å². The Morgan fingerprint density at radius 2 is 1.37 bits per heavy atom. The van der Waals surface area contributed by atoms with Gasteiger partial charge in [0.2, 0.25) is 0 Å². The van der Waals surface area contributed by atoms with E-state index in [0.29, 0.717) is 0 Å². The molecule has 1 aromatic rings. The zero-order chi connectivity index (χ0) is 15.4. The molecule has 0 N–H and O–H groups in total. The van der Waals surface area contributed by atoms with E-state index in [-0.39, 0.29) is 5.78 Å². The third-order valence-electron chi connectivity index (χ3n) is 2.02. The minimum Gasteiger partial charge on any atom is -0.295 e. The highest BCUT2D eigenvalue weighted by Gasteiger charge is 1.95. The molecular weight excluding hydrogens is 252 g/mol. The molecule has 0 aliphatic rings. The van der Waals surface area contributed by atoms with Gasteiger partial charge in [-0.25, -0.2) is 0 Å². The number of allylic oxidation sites excluding steroid dienone is 1. The molecule has 0 fully saturated rings. The first-order chi connectivity index (χ1) is 8.82. The molecule has 0 amide bonds. The predicted octanol–water partition coefficient (Wildman–Crippen LogP) is 5.41. The van der Waals surface area contributed by atoms with Gasteiger partial charge < -0.3 is 0 Å². The van der Waals surface area contributed by atoms with Crippen molar-refractivity contribution >= 4 is 28.9 Å². The van der Waals surface area contributed by atoms with Crippen LogP contribution in [0.2, 0.25) is 0 Å². The normalized spacial score (nSPS) is 9.53. The van der Waals surface area contributed by atoms with Crippen molar-refractivity contribution in [1.82, 2.24) is 0 Å². The molecule has 19 heavy (non-hydrogen) atoms. The number of hydrogen-bond donors (Lipinski definition) is 0. The second kappa shape index (κ2) is 11.8. The maximum absolute atomic E-state index is 10.9. The van der Waals surface area contributed by atoms with E-state index in [2.05, 4.69) is 12.2 Å². The Labute approximate surface area is 123 Å². The van der Waals surface area contributed by atoms with Crippen LogP contribution in [0, 0.1) is 6.92 Å². The average molecular weight is 278 g/mol. The number of carbonyl (C=O) groups excluding carboxylic acids is 1. The second-order valence-electron chi connectivity index (χ2n) is 4.20. The van der Waals surface area contributed by atoms with Gasteiger partial charge in [-0.2, -0.15) is 0 Å². The largest absolute Gasteiger partial charge is 0.295 e. The number of benzene rings is 1. The van der Waals surface area contributed by atoms with Crippen LogP contribution in [0.15, 0.2) is 29.8 Å². The van der Waals surface area contributed by atoms with Gasteiger partial charge >= 0.3 is 0 Å². The number of hydrogen-bond acceptors (Lipinski definition) is 2. The quantitative estimate of drug-likeness (QED) is 0.531. The molecule has 0 heterocycles. The Morgan fingerprint density at radius 3 is 1.68 bits per heavy atom. The third kappa shape index (κ3) is 13.0. The number of thiocarbonyl (C=S) groups is 1. The Kier molecular flexibility index (Phi) is 12.4. The zero-order valence-electron chi connectivity index (χ0n) is 13.2. The summed E-state index contributed by atoms with van der Waals surface area (Å²) in [5.74, 6) is 0.126. The highest BCUT2D eigenvalue weighted by atomic mass is 32.1. The summed E-state index contributed by atoms with van der Waals surface area (Å²) in [4.78, 5) is 11.9. The number of Topliss-reactive ketones (excluding diaryl/α,β-unsaturated/α-hetero) is 1. The topological polar surface area (TPSA) is 17.1 Å². The van der Waals surface area contributed by atoms with Gasteiger partial charge in [-0.15, -0.1) is 0 Å². The van der Waals surface area contributed by atoms with Crippen LogP contribution in [0.25, 0.3) is 6.08 Å². The fourth-order valence-corrected chi connectivity index (χ4v) is 1.01. The van der Waals surface area contributed by atoms with E-state index in [0.717, 1.165) is 16.0 Å². The molecular formula is C17H26OS. The lowest BCUT2D eigenvalue weighted by Gasteiger charge is -1.97. The first-order valence-electron chi connectivity index (χ1n) is 6.56. The third-order valence-corrected chi connectivity index (χ3v) is 2.02. The first kappa shape index (κ1) is 20.0. The lowest BCUT2D eigenvalue weighted by molar-refractivity contribution is -0.113. The molecule has 0 spiro atoms. The van der Waals surface area contributed by atoms with Gasteiger partial charge in [0.1, 0.15) is 0 Å². The number of rotatable bonds is 2. The van der Waals surface area contributed by atoms with Crippen molar-refractivity contribution in [3.05, 3.63) is 41.0 Å². The van der Waals surface area contributed by atoms with Crippen molar-refractivity contribution in [2.24, 2.45) is 0 Å². The van der Waals surface area contributed by atoms with Crippen LogP contribution in [0.3, 0.4) is 0 Å². The zero-order valence-corrected chi connectivity index (χ0v) is 14.0. The van der Waals surface area contributed by atoms with Crippen LogP contribution in [0.1, 0.15) is 52.7 Å². The van der Waals surface area contributed by atoms with Crippen LogP contribution in [-0.2, 0) is 4.79 Å². The molecule has 0 atom stereocenters. The molecule has 0 bridgehead atoms. The number of ketones is 1. The summed E-state index contributed by atoms with van der Waals surface area (Å²) in [7, 11) is 0. The standard InChI is InChI=1S/C12H14O.C3H6S.C2H6/c1-9-4-6-12(7-5-9)8-10(2)11(3)13;1-3(2)4;1-2/h4-8H,1-3H3;1-2H3;1-2H3/b10-8+;;. The number of aryl methyl sites for hydroxylation is 1. The van der Waals surface area contributed by atoms with Gasteiger partial charge in [0, 0.05) is 0 Å². The van der Waals surface area contributed by atoms with Crippen LogP contribution >= 0.6 is 12.2 Å². The number of carbonyl (C=O) groups is 1. The second-order valence-corrected chi connectivity index (χ2v) is 5.02. The molecule has 1 aromatic carbocycles. The summed E-state index contributed by atoms with van der Waals surface area (Å²) in [6.45, 7) is 13.3. The minimum atomic E-state index is 0.126. The summed E-state index contributed by atoms with van der Waals surface area (Å²) in [6, 6.07) is 8.11. The maximum Gasteiger partial charge on any atom is 0.155 e. The van der Waals surface area contributed by atoms with E-state index >= 15 is 0 Å². The van der Waals surface area contributed by atoms with Gasteiger partial charge in [-0.05, 0) is 56.7 Å². The van der Waals surface area contributed by atoms with Gasteiger partial charge in [0.15, 0.2) is 5.78 Å². The molecule has 0 saturated heterocycles. The maximum atomic E-state index is 10.9. The van der Waals surface area contributed by atoms with Crippen molar-refractivity contribution in [3.8, 4) is 0 Å². The van der Waals surface area contributed by atoms with E-state index in [1.807, 2.05) is 71.9 Å².